The molecule has 1 aliphatic rings. The monoisotopic (exact) mass is 282 g/mol. The van der Waals surface area contributed by atoms with Gasteiger partial charge in [0.25, 0.3) is 0 Å². The van der Waals surface area contributed by atoms with E-state index in [0.717, 1.165) is 6.42 Å². The summed E-state index contributed by atoms with van der Waals surface area (Å²) in [5.74, 6) is 0.291. The van der Waals surface area contributed by atoms with E-state index in [2.05, 4.69) is 0 Å². The highest BCUT2D eigenvalue weighted by Gasteiger charge is 2.42. The Hall–Kier alpha value is -0.700. The Morgan fingerprint density at radius 3 is 2.10 bits per heavy atom. The van der Waals surface area contributed by atoms with E-state index in [4.69, 9.17) is 0 Å². The maximum Gasteiger partial charge on any atom is 0.170 e. The van der Waals surface area contributed by atoms with Crippen molar-refractivity contribution >= 4 is 11.6 Å². The van der Waals surface area contributed by atoms with Gasteiger partial charge in [0, 0.05) is 11.8 Å². The highest BCUT2D eigenvalue weighted by Crippen LogP contribution is 2.34. The molecule has 0 bridgehead atoms. The van der Waals surface area contributed by atoms with Crippen molar-refractivity contribution in [3.05, 3.63) is 0 Å². The molecule has 1 aliphatic carbocycles. The number of Topliss-reactive ketones (excluding diaryl/α,β-unsaturated/α-hetero) is 2. The average molecular weight is 282 g/mol. The van der Waals surface area contributed by atoms with Crippen LogP contribution in [0, 0.1) is 11.3 Å². The molecule has 0 aromatic rings. The molecule has 0 heterocycles. The van der Waals surface area contributed by atoms with Crippen molar-refractivity contribution in [2.45, 2.75) is 84.7 Å². The molecule has 116 valence electrons. The summed E-state index contributed by atoms with van der Waals surface area (Å²) in [6.45, 7) is 6.87. The van der Waals surface area contributed by atoms with Crippen molar-refractivity contribution in [1.29, 1.82) is 0 Å². The zero-order chi connectivity index (χ0) is 15.4. The van der Waals surface area contributed by atoms with Crippen LogP contribution in [0.25, 0.3) is 0 Å². The number of aliphatic hydroxyl groups is 1. The SMILES string of the molecule is CC(=O)CC(O)(CCC1CCCCC1)C(=O)C(C)(C)C. The zero-order valence-electron chi connectivity index (χ0n) is 13.5. The number of ketones is 2. The molecule has 0 amide bonds. The third-order valence-corrected chi connectivity index (χ3v) is 4.34. The smallest absolute Gasteiger partial charge is 0.170 e. The standard InChI is InChI=1S/C17H30O3/c1-13(18)12-17(20,15(19)16(2,3)4)11-10-14-8-6-5-7-9-14/h14,20H,5-12H2,1-4H3. The average Bonchev–Trinajstić information content (AvgIpc) is 2.35. The fourth-order valence-corrected chi connectivity index (χ4v) is 3.31. The van der Waals surface area contributed by atoms with E-state index in [9.17, 15) is 14.7 Å². The fourth-order valence-electron chi connectivity index (χ4n) is 3.31. The van der Waals surface area contributed by atoms with E-state index in [-0.39, 0.29) is 18.0 Å². The van der Waals surface area contributed by atoms with Gasteiger partial charge >= 0.3 is 0 Å². The summed E-state index contributed by atoms with van der Waals surface area (Å²) in [4.78, 5) is 23.9. The molecule has 0 aromatic carbocycles. The molecule has 1 unspecified atom stereocenters. The first-order chi connectivity index (χ1) is 9.15. The molecular formula is C17H30O3. The Morgan fingerprint density at radius 2 is 1.65 bits per heavy atom. The van der Waals surface area contributed by atoms with Crippen LogP contribution in [-0.4, -0.2) is 22.3 Å². The van der Waals surface area contributed by atoms with E-state index < -0.39 is 11.0 Å². The van der Waals surface area contributed by atoms with Gasteiger partial charge in [0.15, 0.2) is 5.78 Å². The maximum atomic E-state index is 12.5. The molecule has 1 rings (SSSR count). The second kappa shape index (κ2) is 6.84. The van der Waals surface area contributed by atoms with Crippen LogP contribution < -0.4 is 0 Å². The highest BCUT2D eigenvalue weighted by molar-refractivity contribution is 5.95. The summed E-state index contributed by atoms with van der Waals surface area (Å²) in [7, 11) is 0. The van der Waals surface area contributed by atoms with Crippen LogP contribution in [0.3, 0.4) is 0 Å². The van der Waals surface area contributed by atoms with Crippen molar-refractivity contribution in [3.63, 3.8) is 0 Å². The molecular weight excluding hydrogens is 252 g/mol. The third-order valence-electron chi connectivity index (χ3n) is 4.34. The number of carbonyl (C=O) groups excluding carboxylic acids is 2. The van der Waals surface area contributed by atoms with Crippen LogP contribution in [0.1, 0.15) is 79.1 Å². The van der Waals surface area contributed by atoms with Crippen LogP contribution in [0.4, 0.5) is 0 Å². The van der Waals surface area contributed by atoms with Crippen LogP contribution in [0.15, 0.2) is 0 Å². The summed E-state index contributed by atoms with van der Waals surface area (Å²) < 4.78 is 0. The number of rotatable bonds is 6. The van der Waals surface area contributed by atoms with Crippen molar-refractivity contribution in [2.75, 3.05) is 0 Å². The molecule has 1 N–H and O–H groups in total. The minimum atomic E-state index is -1.47. The fraction of sp³-hybridized carbons (Fsp3) is 0.882. The van der Waals surface area contributed by atoms with Crippen LogP contribution in [0.5, 0.6) is 0 Å². The van der Waals surface area contributed by atoms with E-state index in [0.29, 0.717) is 12.3 Å². The second-order valence-electron chi connectivity index (χ2n) is 7.53. The Balaban J connectivity index is 2.72. The van der Waals surface area contributed by atoms with Gasteiger partial charge in [-0.1, -0.05) is 52.9 Å². The predicted molar refractivity (Wildman–Crippen MR) is 80.5 cm³/mol. The first-order valence-electron chi connectivity index (χ1n) is 7.92. The van der Waals surface area contributed by atoms with Gasteiger partial charge in [-0.05, 0) is 25.7 Å². The summed E-state index contributed by atoms with van der Waals surface area (Å²) in [6, 6.07) is 0. The van der Waals surface area contributed by atoms with Gasteiger partial charge in [-0.3, -0.25) is 9.59 Å². The van der Waals surface area contributed by atoms with Gasteiger partial charge in [0.2, 0.25) is 0 Å². The van der Waals surface area contributed by atoms with Gasteiger partial charge in [-0.15, -0.1) is 0 Å². The molecule has 3 heteroatoms. The van der Waals surface area contributed by atoms with E-state index in [1.165, 1.54) is 39.0 Å². The molecule has 0 spiro atoms. The second-order valence-corrected chi connectivity index (χ2v) is 7.53. The van der Waals surface area contributed by atoms with E-state index in [1.807, 2.05) is 0 Å². The molecule has 0 aromatic heterocycles. The van der Waals surface area contributed by atoms with Crippen molar-refractivity contribution in [3.8, 4) is 0 Å². The quantitative estimate of drug-likeness (QED) is 0.808. The molecule has 1 saturated carbocycles. The zero-order valence-corrected chi connectivity index (χ0v) is 13.5. The Morgan fingerprint density at radius 1 is 1.10 bits per heavy atom. The molecule has 3 nitrogen and oxygen atoms in total. The van der Waals surface area contributed by atoms with Gasteiger partial charge < -0.3 is 5.11 Å². The summed E-state index contributed by atoms with van der Waals surface area (Å²) in [5, 5.41) is 10.7. The van der Waals surface area contributed by atoms with Crippen LogP contribution in [-0.2, 0) is 9.59 Å². The minimum absolute atomic E-state index is 0.0458. The molecule has 0 saturated heterocycles. The molecule has 1 fully saturated rings. The van der Waals surface area contributed by atoms with Gasteiger partial charge in [-0.25, -0.2) is 0 Å². The van der Waals surface area contributed by atoms with Crippen molar-refractivity contribution < 1.29 is 14.7 Å². The molecule has 20 heavy (non-hydrogen) atoms. The lowest BCUT2D eigenvalue weighted by atomic mass is 9.73. The largest absolute Gasteiger partial charge is 0.382 e. The summed E-state index contributed by atoms with van der Waals surface area (Å²) in [6.07, 6.45) is 7.43. The molecule has 0 radical (unpaired) electrons. The normalized spacial score (nSPS) is 20.4. The van der Waals surface area contributed by atoms with Crippen molar-refractivity contribution in [1.82, 2.24) is 0 Å². The Bertz CT molecular complexity index is 348. The topological polar surface area (TPSA) is 54.4 Å². The number of carbonyl (C=O) groups is 2. The summed E-state index contributed by atoms with van der Waals surface area (Å²) in [5.41, 5.74) is -2.09. The van der Waals surface area contributed by atoms with E-state index >= 15 is 0 Å². The molecule has 1 atom stereocenters. The van der Waals surface area contributed by atoms with E-state index in [1.54, 1.807) is 20.8 Å². The number of hydrogen-bond donors (Lipinski definition) is 1. The lowest BCUT2D eigenvalue weighted by Gasteiger charge is -2.34. The number of hydrogen-bond acceptors (Lipinski definition) is 3. The van der Waals surface area contributed by atoms with Gasteiger partial charge in [0.05, 0.1) is 0 Å². The predicted octanol–water partition coefficient (Wildman–Crippen LogP) is 3.67. The van der Waals surface area contributed by atoms with Crippen LogP contribution >= 0.6 is 0 Å². The van der Waals surface area contributed by atoms with Crippen LogP contribution in [0.2, 0.25) is 0 Å². The lowest BCUT2D eigenvalue weighted by molar-refractivity contribution is -0.150. The maximum absolute atomic E-state index is 12.5. The van der Waals surface area contributed by atoms with Gasteiger partial charge in [0.1, 0.15) is 11.4 Å². The highest BCUT2D eigenvalue weighted by atomic mass is 16.3. The lowest BCUT2D eigenvalue weighted by Crippen LogP contribution is -2.47. The molecule has 0 aliphatic heterocycles. The Kier molecular flexibility index (Phi) is 5.93. The minimum Gasteiger partial charge on any atom is -0.382 e. The Labute approximate surface area is 123 Å². The van der Waals surface area contributed by atoms with Crippen molar-refractivity contribution in [2.24, 2.45) is 11.3 Å². The first kappa shape index (κ1) is 17.4. The first-order valence-corrected chi connectivity index (χ1v) is 7.92. The summed E-state index contributed by atoms with van der Waals surface area (Å²) >= 11 is 0. The van der Waals surface area contributed by atoms with Gasteiger partial charge in [-0.2, -0.15) is 0 Å². The third kappa shape index (κ3) is 5.01.